The molecule has 3 aromatic rings. The number of aromatic nitrogens is 5. The van der Waals surface area contributed by atoms with Crippen LogP contribution < -0.4 is 5.73 Å². The zero-order valence-electron chi connectivity index (χ0n) is 9.61. The highest BCUT2D eigenvalue weighted by Gasteiger charge is 2.11. The zero-order valence-corrected chi connectivity index (χ0v) is 10.4. The van der Waals surface area contributed by atoms with Crippen molar-refractivity contribution in [1.29, 1.82) is 0 Å². The van der Waals surface area contributed by atoms with E-state index < -0.39 is 0 Å². The van der Waals surface area contributed by atoms with Gasteiger partial charge in [0.1, 0.15) is 0 Å². The van der Waals surface area contributed by atoms with E-state index in [1.807, 2.05) is 30.7 Å². The molecule has 3 aromatic heterocycles. The van der Waals surface area contributed by atoms with Crippen molar-refractivity contribution in [1.82, 2.24) is 24.6 Å². The summed E-state index contributed by atoms with van der Waals surface area (Å²) in [7, 11) is 0. The van der Waals surface area contributed by atoms with E-state index in [4.69, 9.17) is 5.73 Å². The van der Waals surface area contributed by atoms with E-state index in [1.54, 1.807) is 10.7 Å². The molecule has 0 saturated heterocycles. The highest BCUT2D eigenvalue weighted by Crippen LogP contribution is 2.22. The molecule has 0 aliphatic rings. The van der Waals surface area contributed by atoms with Crippen molar-refractivity contribution in [3.05, 3.63) is 30.6 Å². The van der Waals surface area contributed by atoms with Crippen LogP contribution in [0.5, 0.6) is 0 Å². The summed E-state index contributed by atoms with van der Waals surface area (Å²) in [5.41, 5.74) is 7.47. The Kier molecular flexibility index (Phi) is 2.60. The first-order chi connectivity index (χ1) is 8.78. The van der Waals surface area contributed by atoms with Crippen molar-refractivity contribution < 1.29 is 0 Å². The van der Waals surface area contributed by atoms with Crippen LogP contribution >= 0.6 is 11.8 Å². The van der Waals surface area contributed by atoms with Gasteiger partial charge in [-0.05, 0) is 18.4 Å². The summed E-state index contributed by atoms with van der Waals surface area (Å²) in [5, 5.41) is 4.85. The number of fused-ring (bicyclic) bond motifs is 1. The number of anilines is 1. The van der Waals surface area contributed by atoms with Crippen LogP contribution in [0, 0.1) is 0 Å². The van der Waals surface area contributed by atoms with Crippen LogP contribution in [0.2, 0.25) is 0 Å². The summed E-state index contributed by atoms with van der Waals surface area (Å²) < 4.78 is 1.77. The molecule has 0 aromatic carbocycles. The normalized spacial score (nSPS) is 10.9. The maximum absolute atomic E-state index is 5.68. The van der Waals surface area contributed by atoms with Gasteiger partial charge in [0.2, 0.25) is 5.95 Å². The summed E-state index contributed by atoms with van der Waals surface area (Å²) in [5.74, 6) is 0.771. The molecular formula is C11H10N6S. The minimum Gasteiger partial charge on any atom is -0.368 e. The molecule has 3 rings (SSSR count). The minimum atomic E-state index is 0.222. The van der Waals surface area contributed by atoms with Crippen LogP contribution in [-0.4, -0.2) is 30.8 Å². The number of hydrogen-bond acceptors (Lipinski definition) is 6. The minimum absolute atomic E-state index is 0.222. The third-order valence-corrected chi connectivity index (χ3v) is 3.03. The van der Waals surface area contributed by atoms with Gasteiger partial charge in [-0.15, -0.1) is 0 Å². The zero-order chi connectivity index (χ0) is 12.5. The molecular weight excluding hydrogens is 248 g/mol. The molecule has 7 heteroatoms. The topological polar surface area (TPSA) is 82.0 Å². The van der Waals surface area contributed by atoms with Crippen LogP contribution in [0.4, 0.5) is 5.95 Å². The number of hydrogen-bond donors (Lipinski definition) is 1. The van der Waals surface area contributed by atoms with Crippen molar-refractivity contribution in [2.75, 3.05) is 12.0 Å². The van der Waals surface area contributed by atoms with Crippen LogP contribution in [0.25, 0.3) is 16.9 Å². The van der Waals surface area contributed by atoms with Gasteiger partial charge in [-0.25, -0.2) is 9.50 Å². The van der Waals surface area contributed by atoms with Crippen molar-refractivity contribution in [2.24, 2.45) is 0 Å². The summed E-state index contributed by atoms with van der Waals surface area (Å²) in [6.07, 6.45) is 5.50. The summed E-state index contributed by atoms with van der Waals surface area (Å²) in [4.78, 5) is 12.5. The van der Waals surface area contributed by atoms with Crippen LogP contribution in [-0.2, 0) is 0 Å². The Morgan fingerprint density at radius 1 is 1.22 bits per heavy atom. The molecule has 6 nitrogen and oxygen atoms in total. The fraction of sp³-hybridized carbons (Fsp3) is 0.0909. The SMILES string of the molecule is CSc1nc(N)nc(-c2cnn3ccccc23)n1. The molecule has 0 amide bonds. The van der Waals surface area contributed by atoms with E-state index >= 15 is 0 Å². The Bertz CT molecular complexity index is 708. The van der Waals surface area contributed by atoms with Gasteiger partial charge in [0.15, 0.2) is 11.0 Å². The number of pyridine rings is 1. The van der Waals surface area contributed by atoms with E-state index in [0.717, 1.165) is 11.1 Å². The molecule has 0 atom stereocenters. The quantitative estimate of drug-likeness (QED) is 0.701. The second-order valence-electron chi connectivity index (χ2n) is 3.59. The summed E-state index contributed by atoms with van der Waals surface area (Å²) >= 11 is 1.43. The lowest BCUT2D eigenvalue weighted by Crippen LogP contribution is -2.01. The number of nitrogens with two attached hydrogens (primary N) is 1. The molecule has 0 unspecified atom stereocenters. The first-order valence-electron chi connectivity index (χ1n) is 5.26. The molecule has 90 valence electrons. The predicted octanol–water partition coefficient (Wildman–Crippen LogP) is 1.49. The smallest absolute Gasteiger partial charge is 0.224 e. The van der Waals surface area contributed by atoms with Crippen LogP contribution in [0.3, 0.4) is 0 Å². The molecule has 0 saturated carbocycles. The average molecular weight is 258 g/mol. The molecule has 0 bridgehead atoms. The third kappa shape index (κ3) is 1.78. The molecule has 0 aliphatic heterocycles. The van der Waals surface area contributed by atoms with Crippen LogP contribution in [0.1, 0.15) is 0 Å². The van der Waals surface area contributed by atoms with E-state index in [0.29, 0.717) is 11.0 Å². The lowest BCUT2D eigenvalue weighted by molar-refractivity contribution is 0.928. The fourth-order valence-corrected chi connectivity index (χ4v) is 2.05. The Labute approximate surface area is 107 Å². The number of rotatable bonds is 2. The Hall–Kier alpha value is -2.15. The first-order valence-corrected chi connectivity index (χ1v) is 6.48. The van der Waals surface area contributed by atoms with Gasteiger partial charge in [-0.1, -0.05) is 17.8 Å². The lowest BCUT2D eigenvalue weighted by Gasteiger charge is -2.01. The largest absolute Gasteiger partial charge is 0.368 e. The number of nitrogen functional groups attached to an aromatic ring is 1. The summed E-state index contributed by atoms with van der Waals surface area (Å²) in [6, 6.07) is 5.82. The van der Waals surface area contributed by atoms with Gasteiger partial charge in [0.05, 0.1) is 17.3 Å². The molecule has 0 spiro atoms. The fourth-order valence-electron chi connectivity index (χ4n) is 1.69. The van der Waals surface area contributed by atoms with Crippen molar-refractivity contribution >= 4 is 23.2 Å². The predicted molar refractivity (Wildman–Crippen MR) is 70.2 cm³/mol. The Balaban J connectivity index is 2.22. The second kappa shape index (κ2) is 4.26. The summed E-state index contributed by atoms with van der Waals surface area (Å²) in [6.45, 7) is 0. The van der Waals surface area contributed by atoms with Crippen LogP contribution in [0.15, 0.2) is 35.7 Å². The van der Waals surface area contributed by atoms with Gasteiger partial charge in [-0.2, -0.15) is 15.1 Å². The molecule has 2 N–H and O–H groups in total. The Morgan fingerprint density at radius 2 is 2.11 bits per heavy atom. The molecule has 0 radical (unpaired) electrons. The van der Waals surface area contributed by atoms with Gasteiger partial charge in [0, 0.05) is 6.20 Å². The standard InChI is InChI=1S/C11H10N6S/c1-18-11-15-9(14-10(12)16-11)7-6-13-17-5-3-2-4-8(7)17/h2-6H,1H3,(H2,12,14,15,16). The molecule has 0 fully saturated rings. The second-order valence-corrected chi connectivity index (χ2v) is 4.37. The van der Waals surface area contributed by atoms with Crippen molar-refractivity contribution in [2.45, 2.75) is 5.16 Å². The first kappa shape index (κ1) is 11.0. The molecule has 3 heterocycles. The van der Waals surface area contributed by atoms with Crippen molar-refractivity contribution in [3.63, 3.8) is 0 Å². The van der Waals surface area contributed by atoms with Gasteiger partial charge < -0.3 is 5.73 Å². The number of nitrogens with zero attached hydrogens (tertiary/aromatic N) is 5. The van der Waals surface area contributed by atoms with E-state index in [1.165, 1.54) is 11.8 Å². The van der Waals surface area contributed by atoms with E-state index in [-0.39, 0.29) is 5.95 Å². The maximum Gasteiger partial charge on any atom is 0.224 e. The van der Waals surface area contributed by atoms with E-state index in [9.17, 15) is 0 Å². The monoisotopic (exact) mass is 258 g/mol. The maximum atomic E-state index is 5.68. The van der Waals surface area contributed by atoms with Crippen molar-refractivity contribution in [3.8, 4) is 11.4 Å². The Morgan fingerprint density at radius 3 is 2.94 bits per heavy atom. The molecule has 0 aliphatic carbocycles. The lowest BCUT2D eigenvalue weighted by atomic mass is 10.2. The van der Waals surface area contributed by atoms with Gasteiger partial charge in [-0.3, -0.25) is 0 Å². The van der Waals surface area contributed by atoms with Gasteiger partial charge in [0.25, 0.3) is 0 Å². The number of thioether (sulfide) groups is 1. The third-order valence-electron chi connectivity index (χ3n) is 2.48. The molecule has 18 heavy (non-hydrogen) atoms. The highest BCUT2D eigenvalue weighted by molar-refractivity contribution is 7.98. The average Bonchev–Trinajstić information content (AvgIpc) is 2.81. The highest BCUT2D eigenvalue weighted by atomic mass is 32.2. The van der Waals surface area contributed by atoms with E-state index in [2.05, 4.69) is 20.1 Å². The van der Waals surface area contributed by atoms with Gasteiger partial charge >= 0.3 is 0 Å².